The molecule has 0 fully saturated rings. The standard InChI is InChI=1S/C23H28N4O2/c1-26(16-19-9-6-14-29-19)23(28)22-20-15-18(10-11-21(20)27(2)25-22)24-13-12-17-7-4-3-5-8-17/h3-9,14,18,24H,10-13,15-16H2,1-2H3. The van der Waals surface area contributed by atoms with Gasteiger partial charge in [0.25, 0.3) is 5.91 Å². The number of amides is 1. The van der Waals surface area contributed by atoms with E-state index in [4.69, 9.17) is 4.42 Å². The third-order valence-electron chi connectivity index (χ3n) is 5.67. The Morgan fingerprint density at radius 1 is 1.28 bits per heavy atom. The average Bonchev–Trinajstić information content (AvgIpc) is 3.36. The van der Waals surface area contributed by atoms with Crippen LogP contribution in [0, 0.1) is 0 Å². The summed E-state index contributed by atoms with van der Waals surface area (Å²) < 4.78 is 7.25. The maximum Gasteiger partial charge on any atom is 0.274 e. The monoisotopic (exact) mass is 392 g/mol. The van der Waals surface area contributed by atoms with Crippen LogP contribution in [0.15, 0.2) is 53.1 Å². The lowest BCUT2D eigenvalue weighted by atomic mass is 9.91. The Morgan fingerprint density at radius 3 is 2.86 bits per heavy atom. The number of fused-ring (bicyclic) bond motifs is 1. The van der Waals surface area contributed by atoms with Gasteiger partial charge in [-0.25, -0.2) is 0 Å². The molecule has 1 unspecified atom stereocenters. The van der Waals surface area contributed by atoms with Gasteiger partial charge < -0.3 is 14.6 Å². The largest absolute Gasteiger partial charge is 0.467 e. The van der Waals surface area contributed by atoms with E-state index in [2.05, 4.69) is 34.7 Å². The van der Waals surface area contributed by atoms with Gasteiger partial charge in [-0.2, -0.15) is 5.10 Å². The van der Waals surface area contributed by atoms with Crippen LogP contribution >= 0.6 is 0 Å². The lowest BCUT2D eigenvalue weighted by Gasteiger charge is -2.25. The fraction of sp³-hybridized carbons (Fsp3) is 0.391. The van der Waals surface area contributed by atoms with E-state index >= 15 is 0 Å². The summed E-state index contributed by atoms with van der Waals surface area (Å²) in [5, 5.41) is 8.25. The van der Waals surface area contributed by atoms with Crippen LogP contribution in [0.1, 0.15) is 39.5 Å². The van der Waals surface area contributed by atoms with E-state index in [1.165, 1.54) is 11.3 Å². The molecule has 1 amide bonds. The molecule has 1 aliphatic rings. The van der Waals surface area contributed by atoms with E-state index in [9.17, 15) is 4.79 Å². The molecular weight excluding hydrogens is 364 g/mol. The molecule has 1 atom stereocenters. The van der Waals surface area contributed by atoms with Crippen molar-refractivity contribution in [3.8, 4) is 0 Å². The number of hydrogen-bond donors (Lipinski definition) is 1. The minimum Gasteiger partial charge on any atom is -0.467 e. The SMILES string of the molecule is CN(Cc1ccco1)C(=O)c1nn(C)c2c1CC(NCCc1ccccc1)CC2. The van der Waals surface area contributed by atoms with Crippen LogP contribution in [-0.2, 0) is 32.9 Å². The normalized spacial score (nSPS) is 15.9. The molecule has 2 heterocycles. The van der Waals surface area contributed by atoms with Crippen molar-refractivity contribution >= 4 is 5.91 Å². The molecule has 1 aromatic carbocycles. The lowest BCUT2D eigenvalue weighted by molar-refractivity contribution is 0.0767. The van der Waals surface area contributed by atoms with Crippen LogP contribution in [0.3, 0.4) is 0 Å². The topological polar surface area (TPSA) is 63.3 Å². The molecule has 29 heavy (non-hydrogen) atoms. The molecule has 4 rings (SSSR count). The summed E-state index contributed by atoms with van der Waals surface area (Å²) in [5.74, 6) is 0.717. The van der Waals surface area contributed by atoms with Gasteiger partial charge in [-0.1, -0.05) is 30.3 Å². The minimum absolute atomic E-state index is 0.0526. The van der Waals surface area contributed by atoms with Crippen molar-refractivity contribution in [1.29, 1.82) is 0 Å². The molecule has 0 aliphatic heterocycles. The molecular formula is C23H28N4O2. The molecule has 0 radical (unpaired) electrons. The molecule has 1 aliphatic carbocycles. The molecule has 152 valence electrons. The first kappa shape index (κ1) is 19.5. The van der Waals surface area contributed by atoms with E-state index in [0.717, 1.165) is 43.6 Å². The Bertz CT molecular complexity index is 947. The van der Waals surface area contributed by atoms with Crippen molar-refractivity contribution in [1.82, 2.24) is 20.0 Å². The highest BCUT2D eigenvalue weighted by Gasteiger charge is 2.29. The van der Waals surface area contributed by atoms with Crippen LogP contribution in [0.25, 0.3) is 0 Å². The van der Waals surface area contributed by atoms with Gasteiger partial charge >= 0.3 is 0 Å². The number of furan rings is 1. The summed E-state index contributed by atoms with van der Waals surface area (Å²) in [5.41, 5.74) is 4.19. The minimum atomic E-state index is -0.0526. The predicted molar refractivity (Wildman–Crippen MR) is 112 cm³/mol. The number of carbonyl (C=O) groups excluding carboxylic acids is 1. The number of carbonyl (C=O) groups is 1. The summed E-state index contributed by atoms with van der Waals surface area (Å²) in [4.78, 5) is 14.7. The molecule has 1 N–H and O–H groups in total. The molecule has 2 aromatic heterocycles. The van der Waals surface area contributed by atoms with Crippen LogP contribution in [0.2, 0.25) is 0 Å². The zero-order chi connectivity index (χ0) is 20.2. The van der Waals surface area contributed by atoms with Crippen LogP contribution in [-0.4, -0.2) is 40.2 Å². The van der Waals surface area contributed by atoms with E-state index < -0.39 is 0 Å². The predicted octanol–water partition coefficient (Wildman–Crippen LogP) is 2.97. The Labute approximate surface area is 171 Å². The zero-order valence-corrected chi connectivity index (χ0v) is 17.1. The van der Waals surface area contributed by atoms with Gasteiger partial charge in [0.2, 0.25) is 0 Å². The smallest absolute Gasteiger partial charge is 0.274 e. The van der Waals surface area contributed by atoms with Crippen LogP contribution < -0.4 is 5.32 Å². The van der Waals surface area contributed by atoms with E-state index in [1.54, 1.807) is 18.2 Å². The lowest BCUT2D eigenvalue weighted by Crippen LogP contribution is -2.37. The summed E-state index contributed by atoms with van der Waals surface area (Å²) >= 11 is 0. The number of aryl methyl sites for hydroxylation is 1. The van der Waals surface area contributed by atoms with Gasteiger partial charge in [0, 0.05) is 31.4 Å². The first-order valence-corrected chi connectivity index (χ1v) is 10.2. The second-order valence-electron chi connectivity index (χ2n) is 7.77. The Hall–Kier alpha value is -2.86. The number of hydrogen-bond acceptors (Lipinski definition) is 4. The highest BCUT2D eigenvalue weighted by atomic mass is 16.3. The summed E-state index contributed by atoms with van der Waals surface area (Å²) in [6.07, 6.45) is 5.48. The van der Waals surface area contributed by atoms with Crippen molar-refractivity contribution in [3.05, 3.63) is 77.0 Å². The van der Waals surface area contributed by atoms with Crippen molar-refractivity contribution in [2.24, 2.45) is 7.05 Å². The number of rotatable bonds is 7. The maximum absolute atomic E-state index is 13.0. The molecule has 0 bridgehead atoms. The van der Waals surface area contributed by atoms with Gasteiger partial charge in [0.15, 0.2) is 5.69 Å². The number of aromatic nitrogens is 2. The van der Waals surface area contributed by atoms with Crippen molar-refractivity contribution in [2.45, 2.75) is 38.3 Å². The van der Waals surface area contributed by atoms with Gasteiger partial charge in [-0.05, 0) is 49.9 Å². The number of nitrogens with one attached hydrogen (secondary N) is 1. The highest BCUT2D eigenvalue weighted by molar-refractivity contribution is 5.94. The quantitative estimate of drug-likeness (QED) is 0.671. The summed E-state index contributed by atoms with van der Waals surface area (Å²) in [6, 6.07) is 14.6. The first-order valence-electron chi connectivity index (χ1n) is 10.2. The van der Waals surface area contributed by atoms with E-state index in [1.807, 2.05) is 29.9 Å². The van der Waals surface area contributed by atoms with Gasteiger partial charge in [0.1, 0.15) is 5.76 Å². The molecule has 6 heteroatoms. The molecule has 3 aromatic rings. The van der Waals surface area contributed by atoms with Crippen molar-refractivity contribution < 1.29 is 9.21 Å². The van der Waals surface area contributed by atoms with Gasteiger partial charge in [0.05, 0.1) is 12.8 Å². The van der Waals surface area contributed by atoms with Crippen molar-refractivity contribution in [3.63, 3.8) is 0 Å². The Morgan fingerprint density at radius 2 is 2.10 bits per heavy atom. The van der Waals surface area contributed by atoms with E-state index in [-0.39, 0.29) is 5.91 Å². The van der Waals surface area contributed by atoms with Crippen LogP contribution in [0.5, 0.6) is 0 Å². The summed E-state index contributed by atoms with van der Waals surface area (Å²) in [6.45, 7) is 1.38. The van der Waals surface area contributed by atoms with Crippen LogP contribution in [0.4, 0.5) is 0 Å². The Kier molecular flexibility index (Phi) is 5.81. The zero-order valence-electron chi connectivity index (χ0n) is 17.1. The molecule has 0 spiro atoms. The summed E-state index contributed by atoms with van der Waals surface area (Å²) in [7, 11) is 3.73. The second kappa shape index (κ2) is 8.66. The average molecular weight is 393 g/mol. The highest BCUT2D eigenvalue weighted by Crippen LogP contribution is 2.25. The van der Waals surface area contributed by atoms with Crippen molar-refractivity contribution in [2.75, 3.05) is 13.6 Å². The molecule has 0 saturated heterocycles. The molecule has 0 saturated carbocycles. The third kappa shape index (κ3) is 4.43. The number of nitrogens with zero attached hydrogens (tertiary/aromatic N) is 3. The Balaban J connectivity index is 1.41. The van der Waals surface area contributed by atoms with E-state index in [0.29, 0.717) is 18.3 Å². The fourth-order valence-electron chi connectivity index (χ4n) is 4.09. The maximum atomic E-state index is 13.0. The van der Waals surface area contributed by atoms with Gasteiger partial charge in [-0.3, -0.25) is 9.48 Å². The first-order chi connectivity index (χ1) is 14.1. The fourth-order valence-corrected chi connectivity index (χ4v) is 4.09. The van der Waals surface area contributed by atoms with Gasteiger partial charge in [-0.15, -0.1) is 0 Å². The second-order valence-corrected chi connectivity index (χ2v) is 7.77. The molecule has 6 nitrogen and oxygen atoms in total. The third-order valence-corrected chi connectivity index (χ3v) is 5.67. The number of benzene rings is 1.